The zero-order valence-electron chi connectivity index (χ0n) is 10.1. The molecule has 0 saturated carbocycles. The average Bonchev–Trinajstić information content (AvgIpc) is 2.66. The Morgan fingerprint density at radius 3 is 2.94 bits per heavy atom. The summed E-state index contributed by atoms with van der Waals surface area (Å²) in [5.41, 5.74) is 8.79. The monoisotopic (exact) mass is 259 g/mol. The van der Waals surface area contributed by atoms with E-state index in [0.717, 1.165) is 12.2 Å². The highest BCUT2D eigenvalue weighted by Crippen LogP contribution is 2.40. The largest absolute Gasteiger partial charge is 0.397 e. The Balaban J connectivity index is 2.12. The third-order valence-electron chi connectivity index (χ3n) is 3.28. The van der Waals surface area contributed by atoms with E-state index < -0.39 is 0 Å². The molecule has 92 valence electrons. The van der Waals surface area contributed by atoms with Crippen molar-refractivity contribution >= 4 is 28.8 Å². The van der Waals surface area contributed by atoms with E-state index in [2.05, 4.69) is 35.0 Å². The van der Waals surface area contributed by atoms with E-state index in [1.165, 1.54) is 11.3 Å². The summed E-state index contributed by atoms with van der Waals surface area (Å²) in [7, 11) is 0. The Hall–Kier alpha value is -1.74. The number of nitrogens with two attached hydrogens (primary N) is 1. The maximum absolute atomic E-state index is 6.26. The van der Waals surface area contributed by atoms with Crippen molar-refractivity contribution in [3.8, 4) is 0 Å². The summed E-state index contributed by atoms with van der Waals surface area (Å²) in [5, 5.41) is 0.596. The Morgan fingerprint density at radius 1 is 1.39 bits per heavy atom. The third kappa shape index (κ3) is 1.71. The summed E-state index contributed by atoms with van der Waals surface area (Å²) in [4.78, 5) is 6.56. The van der Waals surface area contributed by atoms with Gasteiger partial charge in [0, 0.05) is 11.7 Å². The van der Waals surface area contributed by atoms with Crippen molar-refractivity contribution < 1.29 is 0 Å². The topological polar surface area (TPSA) is 42.2 Å². The molecular formula is C14H14ClN3. The predicted molar refractivity (Wildman–Crippen MR) is 75.4 cm³/mol. The van der Waals surface area contributed by atoms with E-state index in [1.54, 1.807) is 12.3 Å². The average molecular weight is 260 g/mol. The molecule has 0 radical (unpaired) electrons. The van der Waals surface area contributed by atoms with Crippen LogP contribution in [0.15, 0.2) is 36.5 Å². The predicted octanol–water partition coefficient (Wildman–Crippen LogP) is 3.40. The molecule has 0 fully saturated rings. The van der Waals surface area contributed by atoms with Gasteiger partial charge in [0.2, 0.25) is 0 Å². The minimum absolute atomic E-state index is 0.357. The first kappa shape index (κ1) is 11.4. The number of halogens is 1. The van der Waals surface area contributed by atoms with E-state index in [0.29, 0.717) is 16.8 Å². The molecule has 2 aromatic rings. The standard InChI is InChI=1S/C14H14ClN3/c1-9-6-10-4-2-3-5-13(10)18(9)14-12(15)7-11(16)8-17-14/h2-5,7-9H,6,16H2,1H3. The minimum Gasteiger partial charge on any atom is -0.397 e. The van der Waals surface area contributed by atoms with Gasteiger partial charge in [0.25, 0.3) is 0 Å². The molecule has 3 rings (SSSR count). The lowest BCUT2D eigenvalue weighted by Crippen LogP contribution is -2.25. The van der Waals surface area contributed by atoms with Crippen LogP contribution in [0.5, 0.6) is 0 Å². The maximum Gasteiger partial charge on any atom is 0.152 e. The zero-order chi connectivity index (χ0) is 12.7. The molecule has 1 unspecified atom stereocenters. The van der Waals surface area contributed by atoms with Crippen molar-refractivity contribution in [3.05, 3.63) is 47.1 Å². The van der Waals surface area contributed by atoms with E-state index in [9.17, 15) is 0 Å². The molecule has 1 aromatic carbocycles. The summed E-state index contributed by atoms with van der Waals surface area (Å²) in [6.45, 7) is 2.17. The van der Waals surface area contributed by atoms with Gasteiger partial charge in [0.1, 0.15) is 0 Å². The number of pyridine rings is 1. The van der Waals surface area contributed by atoms with Gasteiger partial charge in [-0.05, 0) is 31.0 Å². The Kier molecular flexibility index (Phi) is 2.63. The van der Waals surface area contributed by atoms with Crippen molar-refractivity contribution in [2.75, 3.05) is 10.6 Å². The van der Waals surface area contributed by atoms with Crippen molar-refractivity contribution in [1.29, 1.82) is 0 Å². The molecule has 0 saturated heterocycles. The molecular weight excluding hydrogens is 246 g/mol. The number of nitrogens with zero attached hydrogens (tertiary/aromatic N) is 2. The second-order valence-corrected chi connectivity index (χ2v) is 5.03. The number of anilines is 3. The lowest BCUT2D eigenvalue weighted by Gasteiger charge is -2.24. The van der Waals surface area contributed by atoms with E-state index >= 15 is 0 Å². The van der Waals surface area contributed by atoms with Crippen molar-refractivity contribution in [1.82, 2.24) is 4.98 Å². The number of benzene rings is 1. The fraction of sp³-hybridized carbons (Fsp3) is 0.214. The number of hydrogen-bond donors (Lipinski definition) is 1. The van der Waals surface area contributed by atoms with Crippen LogP contribution in [0, 0.1) is 0 Å². The number of nitrogen functional groups attached to an aromatic ring is 1. The van der Waals surface area contributed by atoms with Crippen LogP contribution in [0.3, 0.4) is 0 Å². The molecule has 1 aliphatic rings. The van der Waals surface area contributed by atoms with Gasteiger partial charge >= 0.3 is 0 Å². The maximum atomic E-state index is 6.26. The van der Waals surface area contributed by atoms with Gasteiger partial charge in [-0.15, -0.1) is 0 Å². The van der Waals surface area contributed by atoms with Crippen LogP contribution in [0.1, 0.15) is 12.5 Å². The number of para-hydroxylation sites is 1. The first-order chi connectivity index (χ1) is 8.66. The van der Waals surface area contributed by atoms with Crippen LogP contribution < -0.4 is 10.6 Å². The lowest BCUT2D eigenvalue weighted by molar-refractivity contribution is 0.751. The highest BCUT2D eigenvalue weighted by Gasteiger charge is 2.28. The van der Waals surface area contributed by atoms with E-state index in [-0.39, 0.29) is 0 Å². The second kappa shape index (κ2) is 4.18. The fourth-order valence-electron chi connectivity index (χ4n) is 2.51. The van der Waals surface area contributed by atoms with E-state index in [1.807, 2.05) is 6.07 Å². The summed E-state index contributed by atoms with van der Waals surface area (Å²) in [6, 6.07) is 10.5. The summed E-state index contributed by atoms with van der Waals surface area (Å²) >= 11 is 6.26. The molecule has 18 heavy (non-hydrogen) atoms. The second-order valence-electron chi connectivity index (χ2n) is 4.63. The van der Waals surface area contributed by atoms with Crippen LogP contribution >= 0.6 is 11.6 Å². The van der Waals surface area contributed by atoms with Crippen LogP contribution in [-0.4, -0.2) is 11.0 Å². The normalized spacial score (nSPS) is 17.9. The summed E-state index contributed by atoms with van der Waals surface area (Å²) in [6.07, 6.45) is 2.66. The first-order valence-corrected chi connectivity index (χ1v) is 6.33. The summed E-state index contributed by atoms with van der Waals surface area (Å²) in [5.74, 6) is 0.781. The minimum atomic E-state index is 0.357. The number of hydrogen-bond acceptors (Lipinski definition) is 3. The molecule has 2 N–H and O–H groups in total. The van der Waals surface area contributed by atoms with Crippen LogP contribution in [0.25, 0.3) is 0 Å². The van der Waals surface area contributed by atoms with Crippen molar-refractivity contribution in [3.63, 3.8) is 0 Å². The first-order valence-electron chi connectivity index (χ1n) is 5.95. The van der Waals surface area contributed by atoms with Crippen LogP contribution in [0.2, 0.25) is 5.02 Å². The smallest absolute Gasteiger partial charge is 0.152 e. The molecule has 1 aliphatic heterocycles. The number of rotatable bonds is 1. The quantitative estimate of drug-likeness (QED) is 0.854. The highest BCUT2D eigenvalue weighted by molar-refractivity contribution is 6.33. The molecule has 1 atom stereocenters. The van der Waals surface area contributed by atoms with Crippen molar-refractivity contribution in [2.45, 2.75) is 19.4 Å². The molecule has 0 spiro atoms. The molecule has 0 bridgehead atoms. The van der Waals surface area contributed by atoms with Gasteiger partial charge in [0.05, 0.1) is 16.9 Å². The van der Waals surface area contributed by atoms with Crippen LogP contribution in [-0.2, 0) is 6.42 Å². The van der Waals surface area contributed by atoms with Gasteiger partial charge < -0.3 is 10.6 Å². The van der Waals surface area contributed by atoms with Crippen LogP contribution in [0.4, 0.5) is 17.2 Å². The molecule has 2 heterocycles. The van der Waals surface area contributed by atoms with Gasteiger partial charge in [-0.1, -0.05) is 29.8 Å². The van der Waals surface area contributed by atoms with Crippen molar-refractivity contribution in [2.24, 2.45) is 0 Å². The number of fused-ring (bicyclic) bond motifs is 1. The lowest BCUT2D eigenvalue weighted by atomic mass is 10.1. The summed E-state index contributed by atoms with van der Waals surface area (Å²) < 4.78 is 0. The Labute approximate surface area is 111 Å². The Bertz CT molecular complexity index is 597. The zero-order valence-corrected chi connectivity index (χ0v) is 10.9. The number of aromatic nitrogens is 1. The molecule has 0 aliphatic carbocycles. The van der Waals surface area contributed by atoms with Gasteiger partial charge in [0.15, 0.2) is 5.82 Å². The SMILES string of the molecule is CC1Cc2ccccc2N1c1ncc(N)cc1Cl. The molecule has 1 aromatic heterocycles. The molecule has 0 amide bonds. The highest BCUT2D eigenvalue weighted by atomic mass is 35.5. The van der Waals surface area contributed by atoms with Gasteiger partial charge in [-0.25, -0.2) is 4.98 Å². The Morgan fingerprint density at radius 2 is 2.17 bits per heavy atom. The molecule has 3 nitrogen and oxygen atoms in total. The van der Waals surface area contributed by atoms with E-state index in [4.69, 9.17) is 17.3 Å². The molecule has 4 heteroatoms. The van der Waals surface area contributed by atoms with Gasteiger partial charge in [-0.3, -0.25) is 0 Å². The van der Waals surface area contributed by atoms with Gasteiger partial charge in [-0.2, -0.15) is 0 Å². The third-order valence-corrected chi connectivity index (χ3v) is 3.56. The fourth-order valence-corrected chi connectivity index (χ4v) is 2.78.